The molecule has 0 aliphatic carbocycles. The molecule has 0 radical (unpaired) electrons. The third-order valence-electron chi connectivity index (χ3n) is 1.82. The van der Waals surface area contributed by atoms with Crippen molar-refractivity contribution in [1.82, 2.24) is 4.90 Å². The maximum absolute atomic E-state index is 5.25. The molecule has 0 saturated heterocycles. The van der Waals surface area contributed by atoms with Gasteiger partial charge in [0.15, 0.2) is 0 Å². The van der Waals surface area contributed by atoms with E-state index >= 15 is 0 Å². The summed E-state index contributed by atoms with van der Waals surface area (Å²) in [7, 11) is 0. The van der Waals surface area contributed by atoms with Gasteiger partial charge < -0.3 is 4.42 Å². The highest BCUT2D eigenvalue weighted by Crippen LogP contribution is 2.04. The summed E-state index contributed by atoms with van der Waals surface area (Å²) in [4.78, 5) is 2.30. The van der Waals surface area contributed by atoms with Crippen molar-refractivity contribution in [3.8, 4) is 0 Å². The first-order valence-corrected chi connectivity index (χ1v) is 4.85. The minimum absolute atomic E-state index is 0.893. The van der Waals surface area contributed by atoms with E-state index in [4.69, 9.17) is 4.42 Å². The van der Waals surface area contributed by atoms with Crippen LogP contribution in [0.25, 0.3) is 0 Å². The average molecular weight is 185 g/mol. The molecule has 1 aromatic rings. The van der Waals surface area contributed by atoms with Gasteiger partial charge in [-0.05, 0) is 18.7 Å². The SMILES string of the molecule is CCN(CCS)Cc1ccco1. The van der Waals surface area contributed by atoms with E-state index in [-0.39, 0.29) is 0 Å². The zero-order chi connectivity index (χ0) is 8.81. The van der Waals surface area contributed by atoms with E-state index in [9.17, 15) is 0 Å². The van der Waals surface area contributed by atoms with Gasteiger partial charge in [-0.25, -0.2) is 0 Å². The van der Waals surface area contributed by atoms with Gasteiger partial charge in [-0.15, -0.1) is 0 Å². The van der Waals surface area contributed by atoms with E-state index in [2.05, 4.69) is 24.5 Å². The van der Waals surface area contributed by atoms with Gasteiger partial charge in [-0.2, -0.15) is 12.6 Å². The van der Waals surface area contributed by atoms with Crippen molar-refractivity contribution in [1.29, 1.82) is 0 Å². The molecule has 12 heavy (non-hydrogen) atoms. The molecule has 0 fully saturated rings. The second-order valence-corrected chi connectivity index (χ2v) is 3.12. The van der Waals surface area contributed by atoms with Crippen molar-refractivity contribution in [3.63, 3.8) is 0 Å². The molecule has 0 saturated carbocycles. The van der Waals surface area contributed by atoms with Gasteiger partial charge in [-0.3, -0.25) is 4.90 Å². The molecule has 1 heterocycles. The van der Waals surface area contributed by atoms with E-state index in [1.807, 2.05) is 12.1 Å². The lowest BCUT2D eigenvalue weighted by atomic mass is 10.4. The Kier molecular flexibility index (Phi) is 4.25. The number of rotatable bonds is 5. The molecule has 3 heteroatoms. The summed E-state index contributed by atoms with van der Waals surface area (Å²) in [5.41, 5.74) is 0. The lowest BCUT2D eigenvalue weighted by Crippen LogP contribution is -2.24. The van der Waals surface area contributed by atoms with Crippen molar-refractivity contribution in [2.75, 3.05) is 18.8 Å². The van der Waals surface area contributed by atoms with Gasteiger partial charge in [0.1, 0.15) is 5.76 Å². The fraction of sp³-hybridized carbons (Fsp3) is 0.556. The monoisotopic (exact) mass is 185 g/mol. The Labute approximate surface area is 79.0 Å². The summed E-state index contributed by atoms with van der Waals surface area (Å²) in [6.07, 6.45) is 1.71. The second kappa shape index (κ2) is 5.27. The van der Waals surface area contributed by atoms with Crippen molar-refractivity contribution >= 4 is 12.6 Å². The lowest BCUT2D eigenvalue weighted by molar-refractivity contribution is 0.271. The van der Waals surface area contributed by atoms with E-state index in [1.54, 1.807) is 6.26 Å². The van der Waals surface area contributed by atoms with Crippen molar-refractivity contribution in [2.24, 2.45) is 0 Å². The molecule has 0 unspecified atom stereocenters. The third-order valence-corrected chi connectivity index (χ3v) is 2.02. The fourth-order valence-electron chi connectivity index (χ4n) is 1.11. The highest BCUT2D eigenvalue weighted by Gasteiger charge is 2.03. The van der Waals surface area contributed by atoms with Gasteiger partial charge in [0.05, 0.1) is 12.8 Å². The molecule has 1 aromatic heterocycles. The van der Waals surface area contributed by atoms with Crippen LogP contribution >= 0.6 is 12.6 Å². The molecule has 68 valence electrons. The van der Waals surface area contributed by atoms with E-state index in [1.165, 1.54) is 0 Å². The van der Waals surface area contributed by atoms with Gasteiger partial charge >= 0.3 is 0 Å². The number of nitrogens with zero attached hydrogens (tertiary/aromatic N) is 1. The molecular weight excluding hydrogens is 170 g/mol. The third kappa shape index (κ3) is 2.91. The minimum Gasteiger partial charge on any atom is -0.468 e. The van der Waals surface area contributed by atoms with Gasteiger partial charge in [0.25, 0.3) is 0 Å². The fourth-order valence-corrected chi connectivity index (χ4v) is 1.40. The quantitative estimate of drug-likeness (QED) is 0.707. The van der Waals surface area contributed by atoms with Crippen LogP contribution in [0.3, 0.4) is 0 Å². The normalized spacial score (nSPS) is 10.9. The Morgan fingerprint density at radius 2 is 2.42 bits per heavy atom. The summed E-state index contributed by atoms with van der Waals surface area (Å²) in [6.45, 7) is 5.10. The predicted molar refractivity (Wildman–Crippen MR) is 53.5 cm³/mol. The molecule has 2 nitrogen and oxygen atoms in total. The number of thiol groups is 1. The van der Waals surface area contributed by atoms with Crippen LogP contribution in [0.15, 0.2) is 22.8 Å². The maximum Gasteiger partial charge on any atom is 0.117 e. The zero-order valence-corrected chi connectivity index (χ0v) is 8.26. The number of hydrogen-bond acceptors (Lipinski definition) is 3. The Bertz CT molecular complexity index is 198. The minimum atomic E-state index is 0.893. The van der Waals surface area contributed by atoms with E-state index in [0.29, 0.717) is 0 Å². The molecule has 0 aliphatic rings. The van der Waals surface area contributed by atoms with Crippen LogP contribution in [0.5, 0.6) is 0 Å². The van der Waals surface area contributed by atoms with Crippen LogP contribution in [0.1, 0.15) is 12.7 Å². The summed E-state index contributed by atoms with van der Waals surface area (Å²) in [5, 5.41) is 0. The van der Waals surface area contributed by atoms with Crippen molar-refractivity contribution < 1.29 is 4.42 Å². The van der Waals surface area contributed by atoms with Crippen LogP contribution in [-0.4, -0.2) is 23.7 Å². The van der Waals surface area contributed by atoms with Crippen LogP contribution in [-0.2, 0) is 6.54 Å². The Morgan fingerprint density at radius 1 is 1.58 bits per heavy atom. The number of furan rings is 1. The number of hydrogen-bond donors (Lipinski definition) is 1. The van der Waals surface area contributed by atoms with Gasteiger partial charge in [-0.1, -0.05) is 6.92 Å². The van der Waals surface area contributed by atoms with E-state index in [0.717, 1.165) is 31.1 Å². The van der Waals surface area contributed by atoms with E-state index < -0.39 is 0 Å². The Balaban J connectivity index is 2.37. The molecule has 0 N–H and O–H groups in total. The second-order valence-electron chi connectivity index (χ2n) is 2.67. The standard InChI is InChI=1S/C9H15NOS/c1-2-10(5-7-12)8-9-4-3-6-11-9/h3-4,6,12H,2,5,7-8H2,1H3. The predicted octanol–water partition coefficient (Wildman–Crippen LogP) is 2.03. The van der Waals surface area contributed by atoms with Crippen LogP contribution in [0, 0.1) is 0 Å². The maximum atomic E-state index is 5.25. The molecule has 0 bridgehead atoms. The topological polar surface area (TPSA) is 16.4 Å². The Hall–Kier alpha value is -0.410. The summed E-state index contributed by atoms with van der Waals surface area (Å²) in [6, 6.07) is 3.92. The lowest BCUT2D eigenvalue weighted by Gasteiger charge is -2.17. The van der Waals surface area contributed by atoms with Gasteiger partial charge in [0, 0.05) is 12.3 Å². The first-order valence-electron chi connectivity index (χ1n) is 4.22. The average Bonchev–Trinajstić information content (AvgIpc) is 2.56. The van der Waals surface area contributed by atoms with Crippen LogP contribution in [0.2, 0.25) is 0 Å². The summed E-state index contributed by atoms with van der Waals surface area (Å²) < 4.78 is 5.25. The molecule has 0 spiro atoms. The smallest absolute Gasteiger partial charge is 0.117 e. The molecule has 0 amide bonds. The molecular formula is C9H15NOS. The van der Waals surface area contributed by atoms with Gasteiger partial charge in [0.2, 0.25) is 0 Å². The van der Waals surface area contributed by atoms with Crippen LogP contribution < -0.4 is 0 Å². The molecule has 0 aliphatic heterocycles. The highest BCUT2D eigenvalue weighted by atomic mass is 32.1. The first kappa shape index (κ1) is 9.68. The first-order chi connectivity index (χ1) is 5.86. The largest absolute Gasteiger partial charge is 0.468 e. The van der Waals surface area contributed by atoms with Crippen LogP contribution in [0.4, 0.5) is 0 Å². The molecule has 0 atom stereocenters. The highest BCUT2D eigenvalue weighted by molar-refractivity contribution is 7.80. The zero-order valence-electron chi connectivity index (χ0n) is 7.36. The van der Waals surface area contributed by atoms with Crippen molar-refractivity contribution in [3.05, 3.63) is 24.2 Å². The molecule has 0 aromatic carbocycles. The van der Waals surface area contributed by atoms with Crippen molar-refractivity contribution in [2.45, 2.75) is 13.5 Å². The summed E-state index contributed by atoms with van der Waals surface area (Å²) >= 11 is 4.19. The Morgan fingerprint density at radius 3 is 2.92 bits per heavy atom. The summed E-state index contributed by atoms with van der Waals surface area (Å²) in [5.74, 6) is 1.92. The molecule has 1 rings (SSSR count).